The minimum atomic E-state index is -1.27. The molecule has 1 unspecified atom stereocenters. The molecule has 1 saturated heterocycles. The van der Waals surface area contributed by atoms with Gasteiger partial charge in [-0.1, -0.05) is 36.4 Å². The van der Waals surface area contributed by atoms with Crippen LogP contribution < -0.4 is 10.3 Å². The summed E-state index contributed by atoms with van der Waals surface area (Å²) in [5.41, 5.74) is 2.89. The Morgan fingerprint density at radius 3 is 2.72 bits per heavy atom. The highest BCUT2D eigenvalue weighted by Gasteiger charge is 2.30. The first kappa shape index (κ1) is 15.8. The van der Waals surface area contributed by atoms with Crippen LogP contribution in [-0.4, -0.2) is 37.0 Å². The lowest BCUT2D eigenvalue weighted by molar-refractivity contribution is -0.110. The fourth-order valence-electron chi connectivity index (χ4n) is 3.07. The summed E-state index contributed by atoms with van der Waals surface area (Å²) >= 11 is 0. The van der Waals surface area contributed by atoms with Crippen LogP contribution in [0, 0.1) is 0 Å². The summed E-state index contributed by atoms with van der Waals surface area (Å²) in [4.78, 5) is 12.4. The number of nitrogens with zero attached hydrogens (tertiary/aromatic N) is 2. The Labute approximate surface area is 145 Å². The van der Waals surface area contributed by atoms with Gasteiger partial charge in [0.1, 0.15) is 0 Å². The maximum Gasteiger partial charge on any atom is 0.257 e. The molecule has 0 aromatic heterocycles. The lowest BCUT2D eigenvalue weighted by Gasteiger charge is -2.39. The molecule has 25 heavy (non-hydrogen) atoms. The second kappa shape index (κ2) is 6.66. The van der Waals surface area contributed by atoms with Crippen molar-refractivity contribution < 1.29 is 13.9 Å². The van der Waals surface area contributed by atoms with E-state index in [0.29, 0.717) is 18.7 Å². The lowest BCUT2D eigenvalue weighted by Crippen LogP contribution is -2.51. The van der Waals surface area contributed by atoms with Gasteiger partial charge in [-0.3, -0.25) is 9.80 Å². The van der Waals surface area contributed by atoms with Crippen molar-refractivity contribution in [2.45, 2.75) is 6.30 Å². The molecule has 1 amide bonds. The molecule has 6 heteroatoms. The van der Waals surface area contributed by atoms with Gasteiger partial charge >= 0.3 is 0 Å². The molecule has 2 aliphatic heterocycles. The van der Waals surface area contributed by atoms with E-state index < -0.39 is 6.30 Å². The van der Waals surface area contributed by atoms with Crippen molar-refractivity contribution in [2.24, 2.45) is 0 Å². The van der Waals surface area contributed by atoms with Gasteiger partial charge < -0.3 is 10.1 Å². The smallest absolute Gasteiger partial charge is 0.257 e. The van der Waals surface area contributed by atoms with E-state index in [-0.39, 0.29) is 12.5 Å². The highest BCUT2D eigenvalue weighted by atomic mass is 19.1. The predicted octanol–water partition coefficient (Wildman–Crippen LogP) is 3.03. The summed E-state index contributed by atoms with van der Waals surface area (Å²) in [5.74, 6) is -0.189. The quantitative estimate of drug-likeness (QED) is 0.690. The number of carbonyl (C=O) groups is 1. The summed E-state index contributed by atoms with van der Waals surface area (Å²) in [7, 11) is 0. The number of hydrogen-bond donors (Lipinski definition) is 1. The Kier molecular flexibility index (Phi) is 4.21. The number of rotatable bonds is 3. The number of para-hydroxylation sites is 2. The van der Waals surface area contributed by atoms with Crippen LogP contribution in [0.4, 0.5) is 15.8 Å². The highest BCUT2D eigenvalue weighted by molar-refractivity contribution is 6.31. The van der Waals surface area contributed by atoms with E-state index in [0.717, 1.165) is 16.9 Å². The van der Waals surface area contributed by atoms with Crippen LogP contribution >= 0.6 is 0 Å². The lowest BCUT2D eigenvalue weighted by atomic mass is 10.1. The normalized spacial score (nSPS) is 21.9. The highest BCUT2D eigenvalue weighted by Crippen LogP contribution is 2.33. The Bertz CT molecular complexity index is 809. The molecule has 1 atom stereocenters. The number of hydrogen-bond acceptors (Lipinski definition) is 4. The minimum absolute atomic E-state index is 0.00922. The summed E-state index contributed by atoms with van der Waals surface area (Å²) in [6, 6.07) is 16.9. The van der Waals surface area contributed by atoms with Gasteiger partial charge in [0.05, 0.1) is 24.5 Å². The summed E-state index contributed by atoms with van der Waals surface area (Å²) < 4.78 is 19.7. The average molecular weight is 339 g/mol. The van der Waals surface area contributed by atoms with E-state index >= 15 is 0 Å². The van der Waals surface area contributed by atoms with Crippen molar-refractivity contribution in [3.8, 4) is 0 Å². The van der Waals surface area contributed by atoms with Crippen molar-refractivity contribution in [2.75, 3.05) is 30.1 Å². The number of nitrogens with one attached hydrogen (secondary N) is 1. The maximum atomic E-state index is 14.5. The van der Waals surface area contributed by atoms with E-state index in [1.54, 1.807) is 16.2 Å². The summed E-state index contributed by atoms with van der Waals surface area (Å²) in [6.45, 7) is 0.855. The zero-order valence-electron chi connectivity index (χ0n) is 13.6. The second-order valence-electron chi connectivity index (χ2n) is 5.90. The molecule has 0 bridgehead atoms. The van der Waals surface area contributed by atoms with Crippen LogP contribution in [0.1, 0.15) is 5.56 Å². The fraction of sp³-hybridized carbons (Fsp3) is 0.211. The van der Waals surface area contributed by atoms with Crippen molar-refractivity contribution in [1.82, 2.24) is 5.01 Å². The molecule has 128 valence electrons. The Hall–Kier alpha value is -2.70. The van der Waals surface area contributed by atoms with Gasteiger partial charge in [-0.15, -0.1) is 0 Å². The molecule has 0 spiro atoms. The van der Waals surface area contributed by atoms with Crippen molar-refractivity contribution >= 4 is 22.9 Å². The molecule has 1 N–H and O–H groups in total. The van der Waals surface area contributed by atoms with E-state index in [4.69, 9.17) is 4.74 Å². The monoisotopic (exact) mass is 339 g/mol. The molecule has 2 aromatic carbocycles. The topological polar surface area (TPSA) is 44.8 Å². The SMILES string of the molecule is O=C1Nc2ccccc2C1=CN(c1ccccc1)N1CCOCC1F. The third-order valence-corrected chi connectivity index (χ3v) is 4.30. The van der Waals surface area contributed by atoms with Gasteiger partial charge in [-0.25, -0.2) is 4.39 Å². The number of hydrazine groups is 1. The number of morpholine rings is 1. The number of amides is 1. The zero-order valence-corrected chi connectivity index (χ0v) is 13.6. The van der Waals surface area contributed by atoms with Gasteiger partial charge in [0.2, 0.25) is 0 Å². The Morgan fingerprint density at radius 1 is 1.16 bits per heavy atom. The number of ether oxygens (including phenoxy) is 1. The largest absolute Gasteiger partial charge is 0.376 e. The molecule has 2 heterocycles. The van der Waals surface area contributed by atoms with E-state index in [1.165, 1.54) is 0 Å². The molecule has 5 nitrogen and oxygen atoms in total. The molecular formula is C19H18FN3O2. The first-order valence-corrected chi connectivity index (χ1v) is 8.19. The van der Waals surface area contributed by atoms with Crippen molar-refractivity contribution in [3.63, 3.8) is 0 Å². The third-order valence-electron chi connectivity index (χ3n) is 4.30. The van der Waals surface area contributed by atoms with Crippen LogP contribution in [0.5, 0.6) is 0 Å². The Morgan fingerprint density at radius 2 is 1.92 bits per heavy atom. The minimum Gasteiger partial charge on any atom is -0.376 e. The first-order chi connectivity index (χ1) is 12.2. The molecule has 2 aromatic rings. The molecule has 1 fully saturated rings. The van der Waals surface area contributed by atoms with Gasteiger partial charge in [-0.05, 0) is 18.2 Å². The number of fused-ring (bicyclic) bond motifs is 1. The van der Waals surface area contributed by atoms with Gasteiger partial charge in [0.15, 0.2) is 6.30 Å². The standard InChI is InChI=1S/C19H18FN3O2/c20-18-13-25-11-10-22(18)23(14-6-2-1-3-7-14)12-16-15-8-4-5-9-17(15)21-19(16)24/h1-9,12,18H,10-11,13H2,(H,21,24). The number of alkyl halides is 1. The van der Waals surface area contributed by atoms with Gasteiger partial charge in [0.25, 0.3) is 5.91 Å². The summed E-state index contributed by atoms with van der Waals surface area (Å²) in [5, 5.41) is 6.14. The first-order valence-electron chi connectivity index (χ1n) is 8.19. The van der Waals surface area contributed by atoms with Crippen LogP contribution in [0.15, 0.2) is 60.8 Å². The molecule has 2 aliphatic rings. The van der Waals surface area contributed by atoms with E-state index in [9.17, 15) is 9.18 Å². The van der Waals surface area contributed by atoms with Gasteiger partial charge in [-0.2, -0.15) is 5.01 Å². The fourth-order valence-corrected chi connectivity index (χ4v) is 3.07. The summed E-state index contributed by atoms with van der Waals surface area (Å²) in [6.07, 6.45) is 0.430. The number of anilines is 2. The molecule has 0 aliphatic carbocycles. The Balaban J connectivity index is 1.78. The molecule has 0 radical (unpaired) electrons. The second-order valence-corrected chi connectivity index (χ2v) is 5.90. The van der Waals surface area contributed by atoms with Crippen LogP contribution in [-0.2, 0) is 9.53 Å². The zero-order chi connectivity index (χ0) is 17.2. The average Bonchev–Trinajstić information content (AvgIpc) is 2.96. The van der Waals surface area contributed by atoms with Crippen LogP contribution in [0.3, 0.4) is 0 Å². The van der Waals surface area contributed by atoms with Crippen LogP contribution in [0.25, 0.3) is 5.57 Å². The molecule has 4 rings (SSSR count). The number of carbonyl (C=O) groups excluding carboxylic acids is 1. The van der Waals surface area contributed by atoms with Crippen LogP contribution in [0.2, 0.25) is 0 Å². The van der Waals surface area contributed by atoms with Crippen molar-refractivity contribution in [3.05, 3.63) is 66.4 Å². The molecular weight excluding hydrogens is 321 g/mol. The van der Waals surface area contributed by atoms with E-state index in [1.807, 2.05) is 54.6 Å². The predicted molar refractivity (Wildman–Crippen MR) is 94.4 cm³/mol. The third kappa shape index (κ3) is 3.01. The molecule has 0 saturated carbocycles. The number of halogens is 1. The number of benzene rings is 2. The van der Waals surface area contributed by atoms with Crippen molar-refractivity contribution in [1.29, 1.82) is 0 Å². The van der Waals surface area contributed by atoms with Gasteiger partial charge in [0, 0.05) is 24.0 Å². The van der Waals surface area contributed by atoms with E-state index in [2.05, 4.69) is 5.32 Å². The maximum absolute atomic E-state index is 14.5.